The van der Waals surface area contributed by atoms with Gasteiger partial charge >= 0.3 is 5.97 Å². The minimum atomic E-state index is -0.662. The van der Waals surface area contributed by atoms with Crippen molar-refractivity contribution in [2.75, 3.05) is 25.0 Å². The predicted molar refractivity (Wildman–Crippen MR) is 79.3 cm³/mol. The maximum absolute atomic E-state index is 11.3. The molecule has 3 rings (SSSR count). The number of piperidine rings is 1. The van der Waals surface area contributed by atoms with Gasteiger partial charge in [-0.05, 0) is 49.5 Å². The Bertz CT molecular complexity index is 563. The molecule has 5 nitrogen and oxygen atoms in total. The summed E-state index contributed by atoms with van der Waals surface area (Å²) >= 11 is 0. The summed E-state index contributed by atoms with van der Waals surface area (Å²) in [5.41, 5.74) is 3.26. The lowest BCUT2D eigenvalue weighted by Gasteiger charge is -2.29. The van der Waals surface area contributed by atoms with Gasteiger partial charge in [-0.2, -0.15) is 0 Å². The second-order valence-corrected chi connectivity index (χ2v) is 5.92. The molecular weight excluding hydrogens is 268 g/mol. The van der Waals surface area contributed by atoms with Crippen LogP contribution in [0.25, 0.3) is 0 Å². The number of rotatable bonds is 4. The molecule has 0 aromatic heterocycles. The fourth-order valence-electron chi connectivity index (χ4n) is 3.13. The molecule has 5 heteroatoms. The van der Waals surface area contributed by atoms with Gasteiger partial charge in [0, 0.05) is 12.2 Å². The molecule has 112 valence electrons. The molecule has 0 atom stereocenters. The zero-order valence-electron chi connectivity index (χ0n) is 12.0. The van der Waals surface area contributed by atoms with Crippen LogP contribution in [-0.2, 0) is 22.4 Å². The first-order chi connectivity index (χ1) is 10.1. The minimum absolute atomic E-state index is 0.0675. The van der Waals surface area contributed by atoms with E-state index < -0.39 is 5.97 Å². The van der Waals surface area contributed by atoms with Gasteiger partial charge in [-0.3, -0.25) is 9.59 Å². The van der Waals surface area contributed by atoms with E-state index in [1.165, 1.54) is 5.56 Å². The Kier molecular flexibility index (Phi) is 3.92. The van der Waals surface area contributed by atoms with Gasteiger partial charge in [0.2, 0.25) is 5.91 Å². The number of carbonyl (C=O) groups is 2. The Labute approximate surface area is 123 Å². The Morgan fingerprint density at radius 2 is 2.10 bits per heavy atom. The first-order valence-corrected chi connectivity index (χ1v) is 7.48. The minimum Gasteiger partial charge on any atom is -0.481 e. The Balaban J connectivity index is 1.51. The van der Waals surface area contributed by atoms with E-state index in [1.807, 2.05) is 6.07 Å². The summed E-state index contributed by atoms with van der Waals surface area (Å²) in [7, 11) is 0. The van der Waals surface area contributed by atoms with Crippen molar-refractivity contribution < 1.29 is 14.7 Å². The van der Waals surface area contributed by atoms with Crippen LogP contribution in [0.15, 0.2) is 18.2 Å². The van der Waals surface area contributed by atoms with E-state index in [-0.39, 0.29) is 11.8 Å². The first-order valence-electron chi connectivity index (χ1n) is 7.48. The van der Waals surface area contributed by atoms with E-state index in [9.17, 15) is 9.59 Å². The molecule has 21 heavy (non-hydrogen) atoms. The molecule has 0 radical (unpaired) electrons. The number of likely N-dealkylation sites (tertiary alicyclic amines) is 1. The van der Waals surface area contributed by atoms with E-state index in [0.29, 0.717) is 6.42 Å². The maximum Gasteiger partial charge on any atom is 0.306 e. The van der Waals surface area contributed by atoms with Crippen molar-refractivity contribution in [3.63, 3.8) is 0 Å². The zero-order chi connectivity index (χ0) is 14.8. The smallest absolute Gasteiger partial charge is 0.306 e. The van der Waals surface area contributed by atoms with Crippen LogP contribution in [0.5, 0.6) is 0 Å². The Morgan fingerprint density at radius 3 is 2.81 bits per heavy atom. The molecule has 1 fully saturated rings. The van der Waals surface area contributed by atoms with Crippen LogP contribution in [0.2, 0.25) is 0 Å². The third-order valence-corrected chi connectivity index (χ3v) is 4.45. The molecule has 0 unspecified atom stereocenters. The second kappa shape index (κ2) is 5.85. The number of carboxylic acids is 1. The number of carbonyl (C=O) groups excluding carboxylic acids is 1. The molecule has 0 saturated carbocycles. The van der Waals surface area contributed by atoms with E-state index >= 15 is 0 Å². The molecule has 0 spiro atoms. The SMILES string of the molecule is O=C1Cc2cc(CCN3CCC(C(=O)O)CC3)ccc2N1. The van der Waals surface area contributed by atoms with Crippen LogP contribution in [0.4, 0.5) is 5.69 Å². The Hall–Kier alpha value is -1.88. The molecule has 0 bridgehead atoms. The Morgan fingerprint density at radius 1 is 1.33 bits per heavy atom. The van der Waals surface area contributed by atoms with Crippen molar-refractivity contribution >= 4 is 17.6 Å². The number of hydrogen-bond donors (Lipinski definition) is 2. The fourth-order valence-corrected chi connectivity index (χ4v) is 3.13. The molecule has 1 saturated heterocycles. The lowest BCUT2D eigenvalue weighted by atomic mass is 9.96. The predicted octanol–water partition coefficient (Wildman–Crippen LogP) is 1.52. The van der Waals surface area contributed by atoms with Crippen LogP contribution < -0.4 is 5.32 Å². The van der Waals surface area contributed by atoms with E-state index in [2.05, 4.69) is 22.3 Å². The molecule has 2 N–H and O–H groups in total. The van der Waals surface area contributed by atoms with Gasteiger partial charge in [0.1, 0.15) is 0 Å². The summed E-state index contributed by atoms with van der Waals surface area (Å²) in [4.78, 5) is 24.6. The molecule has 2 aliphatic rings. The number of aliphatic carboxylic acids is 1. The second-order valence-electron chi connectivity index (χ2n) is 5.92. The summed E-state index contributed by atoms with van der Waals surface area (Å²) in [5.74, 6) is -0.762. The number of carboxylic acid groups (broad SMARTS) is 1. The van der Waals surface area contributed by atoms with Gasteiger partial charge in [0.25, 0.3) is 0 Å². The van der Waals surface area contributed by atoms with Gasteiger partial charge in [0.15, 0.2) is 0 Å². The van der Waals surface area contributed by atoms with Gasteiger partial charge in [-0.15, -0.1) is 0 Å². The highest BCUT2D eigenvalue weighted by Gasteiger charge is 2.24. The van der Waals surface area contributed by atoms with Crippen molar-refractivity contribution in [1.29, 1.82) is 0 Å². The summed E-state index contributed by atoms with van der Waals surface area (Å²) in [6, 6.07) is 6.15. The quantitative estimate of drug-likeness (QED) is 0.881. The number of hydrogen-bond acceptors (Lipinski definition) is 3. The normalized spacial score (nSPS) is 19.3. The van der Waals surface area contributed by atoms with Gasteiger partial charge in [-0.1, -0.05) is 12.1 Å². The van der Waals surface area contributed by atoms with E-state index in [4.69, 9.17) is 5.11 Å². The van der Waals surface area contributed by atoms with Gasteiger partial charge in [-0.25, -0.2) is 0 Å². The fraction of sp³-hybridized carbons (Fsp3) is 0.500. The summed E-state index contributed by atoms with van der Waals surface area (Å²) < 4.78 is 0. The van der Waals surface area contributed by atoms with Crippen molar-refractivity contribution in [1.82, 2.24) is 4.90 Å². The first kappa shape index (κ1) is 14.1. The van der Waals surface area contributed by atoms with Crippen LogP contribution in [0, 0.1) is 5.92 Å². The maximum atomic E-state index is 11.3. The monoisotopic (exact) mass is 288 g/mol. The third-order valence-electron chi connectivity index (χ3n) is 4.45. The number of anilines is 1. The number of nitrogens with zero attached hydrogens (tertiary/aromatic N) is 1. The van der Waals surface area contributed by atoms with Crippen molar-refractivity contribution in [3.05, 3.63) is 29.3 Å². The highest BCUT2D eigenvalue weighted by atomic mass is 16.4. The molecule has 1 aromatic rings. The number of amides is 1. The molecular formula is C16H20N2O3. The molecule has 0 aliphatic carbocycles. The van der Waals surface area contributed by atoms with Crippen LogP contribution in [0.3, 0.4) is 0 Å². The molecule has 1 amide bonds. The van der Waals surface area contributed by atoms with E-state index in [1.54, 1.807) is 0 Å². The highest BCUT2D eigenvalue weighted by molar-refractivity contribution is 5.99. The lowest BCUT2D eigenvalue weighted by Crippen LogP contribution is -2.37. The zero-order valence-corrected chi connectivity index (χ0v) is 12.0. The summed E-state index contributed by atoms with van der Waals surface area (Å²) in [6.07, 6.45) is 2.92. The van der Waals surface area contributed by atoms with Crippen LogP contribution in [0.1, 0.15) is 24.0 Å². The van der Waals surface area contributed by atoms with Crippen molar-refractivity contribution in [2.24, 2.45) is 5.92 Å². The topological polar surface area (TPSA) is 69.6 Å². The van der Waals surface area contributed by atoms with Crippen LogP contribution in [-0.4, -0.2) is 41.5 Å². The van der Waals surface area contributed by atoms with Gasteiger partial charge in [0.05, 0.1) is 12.3 Å². The number of nitrogens with one attached hydrogen (secondary N) is 1. The number of benzene rings is 1. The highest BCUT2D eigenvalue weighted by Crippen LogP contribution is 2.24. The standard InChI is InChI=1S/C16H20N2O3/c19-15-10-13-9-11(1-2-14(13)17-15)3-6-18-7-4-12(5-8-18)16(20)21/h1-2,9,12H,3-8,10H2,(H,17,19)(H,20,21). The third kappa shape index (κ3) is 3.24. The summed E-state index contributed by atoms with van der Waals surface area (Å²) in [5, 5.41) is 11.8. The van der Waals surface area contributed by atoms with E-state index in [0.717, 1.165) is 50.1 Å². The number of fused-ring (bicyclic) bond motifs is 1. The average molecular weight is 288 g/mol. The molecule has 1 aromatic carbocycles. The molecule has 2 heterocycles. The van der Waals surface area contributed by atoms with Crippen molar-refractivity contribution in [3.8, 4) is 0 Å². The largest absolute Gasteiger partial charge is 0.481 e. The van der Waals surface area contributed by atoms with Gasteiger partial charge < -0.3 is 15.3 Å². The molecule has 2 aliphatic heterocycles. The lowest BCUT2D eigenvalue weighted by molar-refractivity contribution is -0.143. The van der Waals surface area contributed by atoms with Crippen LogP contribution >= 0.6 is 0 Å². The average Bonchev–Trinajstić information content (AvgIpc) is 2.84. The van der Waals surface area contributed by atoms with Crippen molar-refractivity contribution in [2.45, 2.75) is 25.7 Å². The summed E-state index contributed by atoms with van der Waals surface area (Å²) in [6.45, 7) is 2.68.